The Bertz CT molecular complexity index is 581. The van der Waals surface area contributed by atoms with Crippen molar-refractivity contribution in [2.24, 2.45) is 0 Å². The van der Waals surface area contributed by atoms with E-state index in [0.29, 0.717) is 0 Å². The van der Waals surface area contributed by atoms with Crippen LogP contribution in [0, 0.1) is 0 Å². The molecule has 0 fully saturated rings. The van der Waals surface area contributed by atoms with Crippen LogP contribution in [0.1, 0.15) is 10.0 Å². The molecule has 3 rings (SSSR count). The lowest BCUT2D eigenvalue weighted by atomic mass is 10.5. The molecule has 3 aromatic heterocycles. The monoisotopic (exact) mass is 270 g/mol. The first-order chi connectivity index (χ1) is 9.40. The molecular weight excluding hydrogens is 256 g/mol. The minimum Gasteiger partial charge on any atom is -0.198 e. The molecule has 0 atom stereocenters. The van der Waals surface area contributed by atoms with Gasteiger partial charge < -0.3 is 0 Å². The summed E-state index contributed by atoms with van der Waals surface area (Å²) in [5.41, 5.74) is 0. The van der Waals surface area contributed by atoms with Crippen LogP contribution in [0.5, 0.6) is 0 Å². The van der Waals surface area contributed by atoms with Crippen molar-refractivity contribution in [3.8, 4) is 0 Å². The Morgan fingerprint density at radius 2 is 1.11 bits per heavy atom. The van der Waals surface area contributed by atoms with Gasteiger partial charge in [-0.2, -0.15) is 9.13 Å². The van der Waals surface area contributed by atoms with E-state index in [1.807, 2.05) is 61.2 Å². The molecule has 0 aromatic carbocycles. The average Bonchev–Trinajstić information content (AvgIpc) is 2.88. The molecule has 5 heteroatoms. The second kappa shape index (κ2) is 5.67. The van der Waals surface area contributed by atoms with Crippen molar-refractivity contribution in [2.45, 2.75) is 13.1 Å². The highest BCUT2D eigenvalue weighted by Crippen LogP contribution is 2.08. The Morgan fingerprint density at radius 3 is 1.53 bits per heavy atom. The van der Waals surface area contributed by atoms with E-state index in [-0.39, 0.29) is 0 Å². The molecule has 3 heterocycles. The summed E-state index contributed by atoms with van der Waals surface area (Å²) in [4.78, 5) is 0. The van der Waals surface area contributed by atoms with Crippen LogP contribution in [0.3, 0.4) is 0 Å². The van der Waals surface area contributed by atoms with Gasteiger partial charge in [-0.3, -0.25) is 0 Å². The maximum Gasteiger partial charge on any atom is 0.201 e. The molecule has 0 radical (unpaired) electrons. The summed E-state index contributed by atoms with van der Waals surface area (Å²) in [6.45, 7) is 1.55. The van der Waals surface area contributed by atoms with E-state index in [4.69, 9.17) is 0 Å². The second-order valence-electron chi connectivity index (χ2n) is 4.19. The molecule has 0 aliphatic rings. The van der Waals surface area contributed by atoms with E-state index in [2.05, 4.69) is 19.3 Å². The number of aromatic nitrogens is 4. The molecule has 0 saturated carbocycles. The molecule has 4 nitrogen and oxygen atoms in total. The van der Waals surface area contributed by atoms with Crippen LogP contribution in [-0.4, -0.2) is 10.2 Å². The van der Waals surface area contributed by atoms with Gasteiger partial charge in [0.1, 0.15) is 0 Å². The molecular formula is C14H14N4S+2. The molecule has 0 spiro atoms. The third kappa shape index (κ3) is 3.20. The summed E-state index contributed by atoms with van der Waals surface area (Å²) >= 11 is 1.66. The van der Waals surface area contributed by atoms with Crippen LogP contribution >= 0.6 is 11.3 Å². The largest absolute Gasteiger partial charge is 0.201 e. The van der Waals surface area contributed by atoms with Crippen LogP contribution in [-0.2, 0) is 13.1 Å². The SMILES string of the molecule is c1cc[n+](Cc2nnc(C[n+]3ccccc3)s2)cc1. The Labute approximate surface area is 115 Å². The zero-order valence-corrected chi connectivity index (χ0v) is 11.2. The average molecular weight is 270 g/mol. The molecule has 0 bridgehead atoms. The topological polar surface area (TPSA) is 33.5 Å². The van der Waals surface area contributed by atoms with Gasteiger partial charge in [-0.1, -0.05) is 23.5 Å². The third-order valence-electron chi connectivity index (χ3n) is 2.70. The van der Waals surface area contributed by atoms with Gasteiger partial charge in [-0.05, 0) is 0 Å². The van der Waals surface area contributed by atoms with Gasteiger partial charge in [0, 0.05) is 24.3 Å². The normalized spacial score (nSPS) is 10.5. The highest BCUT2D eigenvalue weighted by Gasteiger charge is 2.11. The summed E-state index contributed by atoms with van der Waals surface area (Å²) < 4.78 is 4.19. The van der Waals surface area contributed by atoms with E-state index < -0.39 is 0 Å². The van der Waals surface area contributed by atoms with Gasteiger partial charge in [0.2, 0.25) is 13.1 Å². The van der Waals surface area contributed by atoms with Crippen LogP contribution < -0.4 is 9.13 Å². The highest BCUT2D eigenvalue weighted by atomic mass is 32.1. The lowest BCUT2D eigenvalue weighted by Gasteiger charge is -1.91. The van der Waals surface area contributed by atoms with Gasteiger partial charge in [0.25, 0.3) is 0 Å². The fourth-order valence-corrected chi connectivity index (χ4v) is 2.67. The zero-order valence-electron chi connectivity index (χ0n) is 10.4. The van der Waals surface area contributed by atoms with E-state index in [1.165, 1.54) is 0 Å². The summed E-state index contributed by atoms with van der Waals surface area (Å²) in [7, 11) is 0. The predicted octanol–water partition coefficient (Wildman–Crippen LogP) is 1.21. The van der Waals surface area contributed by atoms with E-state index >= 15 is 0 Å². The van der Waals surface area contributed by atoms with Crippen LogP contribution in [0.25, 0.3) is 0 Å². The molecule has 94 valence electrons. The van der Waals surface area contributed by atoms with Gasteiger partial charge in [0.05, 0.1) is 0 Å². The first-order valence-electron chi connectivity index (χ1n) is 6.09. The van der Waals surface area contributed by atoms with E-state index in [9.17, 15) is 0 Å². The molecule has 0 aliphatic heterocycles. The van der Waals surface area contributed by atoms with E-state index in [1.54, 1.807) is 11.3 Å². The lowest BCUT2D eigenvalue weighted by Crippen LogP contribution is -2.33. The predicted molar refractivity (Wildman–Crippen MR) is 71.4 cm³/mol. The summed E-state index contributed by atoms with van der Waals surface area (Å²) in [6.07, 6.45) is 8.14. The van der Waals surface area contributed by atoms with Crippen molar-refractivity contribution < 1.29 is 9.13 Å². The zero-order chi connectivity index (χ0) is 12.9. The molecule has 0 amide bonds. The Hall–Kier alpha value is -2.14. The Kier molecular flexibility index (Phi) is 3.56. The first-order valence-corrected chi connectivity index (χ1v) is 6.91. The number of hydrogen-bond acceptors (Lipinski definition) is 3. The van der Waals surface area contributed by atoms with E-state index in [0.717, 1.165) is 23.1 Å². The Morgan fingerprint density at radius 1 is 0.684 bits per heavy atom. The number of rotatable bonds is 4. The van der Waals surface area contributed by atoms with Crippen LogP contribution in [0.4, 0.5) is 0 Å². The molecule has 0 aliphatic carbocycles. The highest BCUT2D eigenvalue weighted by molar-refractivity contribution is 7.11. The molecule has 19 heavy (non-hydrogen) atoms. The maximum atomic E-state index is 4.24. The minimum absolute atomic E-state index is 0.776. The van der Waals surface area contributed by atoms with Gasteiger partial charge in [0.15, 0.2) is 34.8 Å². The maximum absolute atomic E-state index is 4.24. The molecule has 3 aromatic rings. The second-order valence-corrected chi connectivity index (χ2v) is 5.33. The molecule has 0 unspecified atom stereocenters. The quantitative estimate of drug-likeness (QED) is 0.668. The van der Waals surface area contributed by atoms with Crippen molar-refractivity contribution in [1.29, 1.82) is 0 Å². The smallest absolute Gasteiger partial charge is 0.198 e. The van der Waals surface area contributed by atoms with Crippen LogP contribution in [0.15, 0.2) is 61.2 Å². The first kappa shape index (κ1) is 11.9. The van der Waals surface area contributed by atoms with Crippen LogP contribution in [0.2, 0.25) is 0 Å². The summed E-state index contributed by atoms with van der Waals surface area (Å²) in [5.74, 6) is 0. The number of hydrogen-bond donors (Lipinski definition) is 0. The Balaban J connectivity index is 1.70. The van der Waals surface area contributed by atoms with Crippen molar-refractivity contribution in [3.63, 3.8) is 0 Å². The summed E-state index contributed by atoms with van der Waals surface area (Å²) in [5, 5.41) is 10.5. The number of pyridine rings is 2. The van der Waals surface area contributed by atoms with Crippen molar-refractivity contribution in [2.75, 3.05) is 0 Å². The number of nitrogens with zero attached hydrogens (tertiary/aromatic N) is 4. The van der Waals surface area contributed by atoms with Gasteiger partial charge in [-0.25, -0.2) is 0 Å². The van der Waals surface area contributed by atoms with Crippen molar-refractivity contribution in [1.82, 2.24) is 10.2 Å². The van der Waals surface area contributed by atoms with Crippen molar-refractivity contribution in [3.05, 3.63) is 71.2 Å². The molecule has 0 saturated heterocycles. The van der Waals surface area contributed by atoms with Gasteiger partial charge in [-0.15, -0.1) is 10.2 Å². The van der Waals surface area contributed by atoms with Gasteiger partial charge >= 0.3 is 0 Å². The fraction of sp³-hybridized carbons (Fsp3) is 0.143. The standard InChI is InChI=1S/C14H14N4S/c1-3-7-17(8-4-1)11-13-15-16-14(19-13)12-18-9-5-2-6-10-18/h1-10H,11-12H2/q+2. The fourth-order valence-electron chi connectivity index (χ4n) is 1.81. The lowest BCUT2D eigenvalue weighted by molar-refractivity contribution is -0.688. The molecule has 0 N–H and O–H groups in total. The minimum atomic E-state index is 0.776. The third-order valence-corrected chi connectivity index (χ3v) is 3.59. The van der Waals surface area contributed by atoms with Crippen molar-refractivity contribution >= 4 is 11.3 Å². The summed E-state index contributed by atoms with van der Waals surface area (Å²) in [6, 6.07) is 12.1.